The van der Waals surface area contributed by atoms with Crippen LogP contribution in [0.15, 0.2) is 73.6 Å². The van der Waals surface area contributed by atoms with Crippen LogP contribution in [-0.2, 0) is 9.53 Å². The Hall–Kier alpha value is -4.41. The number of carbonyl (C=O) groups excluding carboxylic acids is 1. The lowest BCUT2D eigenvalue weighted by atomic mass is 10.0. The van der Waals surface area contributed by atoms with Crippen molar-refractivity contribution in [1.82, 2.24) is 19.9 Å². The van der Waals surface area contributed by atoms with Gasteiger partial charge in [-0.05, 0) is 42.0 Å². The highest BCUT2D eigenvalue weighted by Gasteiger charge is 2.18. The molecule has 1 aliphatic rings. The zero-order valence-electron chi connectivity index (χ0n) is 21.7. The summed E-state index contributed by atoms with van der Waals surface area (Å²) < 4.78 is 19.6. The highest BCUT2D eigenvalue weighted by Crippen LogP contribution is 2.31. The fourth-order valence-corrected chi connectivity index (χ4v) is 4.56. The van der Waals surface area contributed by atoms with Crippen LogP contribution in [0.5, 0.6) is 0 Å². The fourth-order valence-electron chi connectivity index (χ4n) is 4.56. The maximum atomic E-state index is 14.4. The van der Waals surface area contributed by atoms with Crippen molar-refractivity contribution in [3.8, 4) is 11.1 Å². The lowest BCUT2D eigenvalue weighted by molar-refractivity contribution is -0.111. The molecular formula is C29H30FN7O2. The number of methoxy groups -OCH3 is 1. The topological polar surface area (TPSA) is 95.5 Å². The Kier molecular flexibility index (Phi) is 8.04. The number of ether oxygens (including phenoxy) is 1. The van der Waals surface area contributed by atoms with E-state index in [1.165, 1.54) is 12.1 Å². The van der Waals surface area contributed by atoms with E-state index in [2.05, 4.69) is 37.0 Å². The van der Waals surface area contributed by atoms with Crippen LogP contribution in [0.25, 0.3) is 22.0 Å². The molecule has 0 unspecified atom stereocenters. The van der Waals surface area contributed by atoms with Gasteiger partial charge in [0.15, 0.2) is 0 Å². The summed E-state index contributed by atoms with van der Waals surface area (Å²) in [5, 5.41) is 6.64. The Bertz CT molecular complexity index is 1470. The number of hydrogen-bond acceptors (Lipinski definition) is 8. The number of piperazine rings is 1. The molecule has 1 fully saturated rings. The third-order valence-corrected chi connectivity index (χ3v) is 6.58. The Morgan fingerprint density at radius 2 is 1.92 bits per heavy atom. The smallest absolute Gasteiger partial charge is 0.247 e. The van der Waals surface area contributed by atoms with Crippen LogP contribution in [-0.4, -0.2) is 72.2 Å². The van der Waals surface area contributed by atoms with Gasteiger partial charge in [-0.1, -0.05) is 24.8 Å². The van der Waals surface area contributed by atoms with Crippen molar-refractivity contribution in [1.29, 1.82) is 0 Å². The van der Waals surface area contributed by atoms with Crippen LogP contribution in [0.2, 0.25) is 0 Å². The van der Waals surface area contributed by atoms with Crippen LogP contribution in [0, 0.1) is 5.82 Å². The van der Waals surface area contributed by atoms with Gasteiger partial charge in [0.1, 0.15) is 11.6 Å². The van der Waals surface area contributed by atoms with E-state index in [-0.39, 0.29) is 0 Å². The van der Waals surface area contributed by atoms with Crippen LogP contribution in [0.4, 0.5) is 27.5 Å². The molecule has 0 saturated carbocycles. The summed E-state index contributed by atoms with van der Waals surface area (Å²) in [5.41, 5.74) is 3.04. The Balaban J connectivity index is 1.33. The first-order chi connectivity index (χ1) is 19.0. The van der Waals surface area contributed by atoms with Crippen molar-refractivity contribution in [3.05, 3.63) is 79.4 Å². The molecule has 0 bridgehead atoms. The zero-order chi connectivity index (χ0) is 27.2. The SMILES string of the molecule is C=CC(=O)Nc1cc(F)cc(-c2cccc3cnc(Nc4ccc(N5CCN(CCOC)CC5)nc4)nc23)c1. The van der Waals surface area contributed by atoms with E-state index >= 15 is 0 Å². The molecule has 0 radical (unpaired) electrons. The number of aromatic nitrogens is 3. The Morgan fingerprint density at radius 3 is 2.67 bits per heavy atom. The number of benzene rings is 2. The van der Waals surface area contributed by atoms with Crippen molar-refractivity contribution in [2.24, 2.45) is 0 Å². The van der Waals surface area contributed by atoms with E-state index in [0.29, 0.717) is 28.3 Å². The molecular weight excluding hydrogens is 497 g/mol. The Labute approximate surface area is 226 Å². The first kappa shape index (κ1) is 26.2. The number of hydrogen-bond donors (Lipinski definition) is 2. The lowest BCUT2D eigenvalue weighted by Crippen LogP contribution is -2.47. The highest BCUT2D eigenvalue weighted by molar-refractivity contribution is 6.00. The molecule has 1 amide bonds. The first-order valence-corrected chi connectivity index (χ1v) is 12.7. The molecule has 0 spiro atoms. The van der Waals surface area contributed by atoms with E-state index in [1.807, 2.05) is 30.3 Å². The molecule has 2 N–H and O–H groups in total. The van der Waals surface area contributed by atoms with Crippen molar-refractivity contribution in [2.45, 2.75) is 0 Å². The lowest BCUT2D eigenvalue weighted by Gasteiger charge is -2.35. The van der Waals surface area contributed by atoms with E-state index in [1.54, 1.807) is 25.6 Å². The molecule has 3 heterocycles. The number of para-hydroxylation sites is 1. The summed E-state index contributed by atoms with van der Waals surface area (Å²) >= 11 is 0. The number of nitrogens with zero attached hydrogens (tertiary/aromatic N) is 5. The van der Waals surface area contributed by atoms with Gasteiger partial charge in [0.05, 0.1) is 24.0 Å². The number of amides is 1. The minimum Gasteiger partial charge on any atom is -0.383 e. The number of rotatable bonds is 9. The number of anilines is 4. The monoisotopic (exact) mass is 527 g/mol. The minimum atomic E-state index is -0.473. The van der Waals surface area contributed by atoms with Crippen molar-refractivity contribution in [3.63, 3.8) is 0 Å². The number of halogens is 1. The van der Waals surface area contributed by atoms with E-state index in [4.69, 9.17) is 9.72 Å². The van der Waals surface area contributed by atoms with E-state index in [0.717, 1.165) is 62.3 Å². The van der Waals surface area contributed by atoms with Gasteiger partial charge in [-0.3, -0.25) is 9.69 Å². The molecule has 5 rings (SSSR count). The summed E-state index contributed by atoms with van der Waals surface area (Å²) in [6, 6.07) is 13.9. The zero-order valence-corrected chi connectivity index (χ0v) is 21.7. The average molecular weight is 528 g/mol. The molecule has 200 valence electrons. The summed E-state index contributed by atoms with van der Waals surface area (Å²) in [5.74, 6) is 0.438. The second-order valence-corrected chi connectivity index (χ2v) is 9.21. The molecule has 2 aromatic heterocycles. The normalized spacial score (nSPS) is 13.8. The largest absolute Gasteiger partial charge is 0.383 e. The minimum absolute atomic E-state index is 0.335. The molecule has 39 heavy (non-hydrogen) atoms. The Morgan fingerprint density at radius 1 is 1.08 bits per heavy atom. The van der Waals surface area contributed by atoms with E-state index in [9.17, 15) is 9.18 Å². The van der Waals surface area contributed by atoms with Crippen molar-refractivity contribution >= 4 is 40.0 Å². The quantitative estimate of drug-likeness (QED) is 0.308. The standard InChI is InChI=1S/C29H30FN7O2/c1-3-27(38)33-24-16-21(15-22(30)17-24)25-6-4-5-20-18-32-29(35-28(20)25)34-23-7-8-26(31-19-23)37-11-9-36(10-12-37)13-14-39-2/h3-8,15-19H,1,9-14H2,2H3,(H,33,38)(H,32,34,35). The van der Waals surface area contributed by atoms with Gasteiger partial charge < -0.3 is 20.3 Å². The maximum absolute atomic E-state index is 14.4. The summed E-state index contributed by atoms with van der Waals surface area (Å²) in [7, 11) is 1.73. The summed E-state index contributed by atoms with van der Waals surface area (Å²) in [6.07, 6.45) is 4.63. The number of pyridine rings is 1. The average Bonchev–Trinajstić information content (AvgIpc) is 2.96. The summed E-state index contributed by atoms with van der Waals surface area (Å²) in [6.45, 7) is 8.92. The second kappa shape index (κ2) is 12.0. The predicted molar refractivity (Wildman–Crippen MR) is 152 cm³/mol. The molecule has 2 aromatic carbocycles. The number of fused-ring (bicyclic) bond motifs is 1. The second-order valence-electron chi connectivity index (χ2n) is 9.21. The molecule has 0 atom stereocenters. The van der Waals surface area contributed by atoms with Crippen LogP contribution >= 0.6 is 0 Å². The number of nitrogens with one attached hydrogen (secondary N) is 2. The van der Waals surface area contributed by atoms with Gasteiger partial charge in [-0.25, -0.2) is 19.3 Å². The van der Waals surface area contributed by atoms with Crippen LogP contribution < -0.4 is 15.5 Å². The molecule has 4 aromatic rings. The van der Waals surface area contributed by atoms with Crippen LogP contribution in [0.1, 0.15) is 0 Å². The maximum Gasteiger partial charge on any atom is 0.247 e. The van der Waals surface area contributed by atoms with Gasteiger partial charge in [0, 0.05) is 62.7 Å². The third kappa shape index (κ3) is 6.36. The highest BCUT2D eigenvalue weighted by atomic mass is 19.1. The fraction of sp³-hybridized carbons (Fsp3) is 0.241. The molecule has 0 aliphatic carbocycles. The number of carbonyl (C=O) groups is 1. The predicted octanol–water partition coefficient (Wildman–Crippen LogP) is 4.47. The van der Waals surface area contributed by atoms with Crippen molar-refractivity contribution in [2.75, 3.05) is 62.0 Å². The van der Waals surface area contributed by atoms with Gasteiger partial charge in [-0.15, -0.1) is 0 Å². The summed E-state index contributed by atoms with van der Waals surface area (Å²) in [4.78, 5) is 30.2. The van der Waals surface area contributed by atoms with Gasteiger partial charge in [-0.2, -0.15) is 0 Å². The van der Waals surface area contributed by atoms with Crippen LogP contribution in [0.3, 0.4) is 0 Å². The van der Waals surface area contributed by atoms with E-state index < -0.39 is 11.7 Å². The van der Waals surface area contributed by atoms with Gasteiger partial charge >= 0.3 is 0 Å². The third-order valence-electron chi connectivity index (χ3n) is 6.58. The van der Waals surface area contributed by atoms with Gasteiger partial charge in [0.25, 0.3) is 0 Å². The van der Waals surface area contributed by atoms with Crippen molar-refractivity contribution < 1.29 is 13.9 Å². The van der Waals surface area contributed by atoms with Gasteiger partial charge in [0.2, 0.25) is 11.9 Å². The first-order valence-electron chi connectivity index (χ1n) is 12.7. The molecule has 1 saturated heterocycles. The molecule has 9 nitrogen and oxygen atoms in total. The molecule has 1 aliphatic heterocycles. The molecule has 10 heteroatoms.